The number of fused-ring (bicyclic) bond motifs is 4. The van der Waals surface area contributed by atoms with E-state index < -0.39 is 0 Å². The van der Waals surface area contributed by atoms with Crippen LogP contribution in [0.2, 0.25) is 0 Å². The number of carbonyl (C=O) groups is 1. The Kier molecular flexibility index (Phi) is 7.47. The first-order chi connectivity index (χ1) is 17.6. The Morgan fingerprint density at radius 2 is 1.78 bits per heavy atom. The molecule has 0 bridgehead atoms. The predicted molar refractivity (Wildman–Crippen MR) is 145 cm³/mol. The van der Waals surface area contributed by atoms with E-state index in [-0.39, 0.29) is 11.8 Å². The van der Waals surface area contributed by atoms with E-state index in [1.54, 1.807) is 26.2 Å². The van der Waals surface area contributed by atoms with Gasteiger partial charge in [-0.3, -0.25) is 4.79 Å². The zero-order valence-corrected chi connectivity index (χ0v) is 21.7. The van der Waals surface area contributed by atoms with Crippen molar-refractivity contribution in [2.24, 2.45) is 0 Å². The highest BCUT2D eigenvalue weighted by Gasteiger charge is 2.35. The summed E-state index contributed by atoms with van der Waals surface area (Å²) in [5, 5.41) is 13.3. The van der Waals surface area contributed by atoms with E-state index >= 15 is 0 Å². The van der Waals surface area contributed by atoms with E-state index in [1.165, 1.54) is 0 Å². The second-order valence-corrected chi connectivity index (χ2v) is 8.52. The predicted octanol–water partition coefficient (Wildman–Crippen LogP) is 4.98. The SMILES string of the molecule is CNc1cc2c(c3ccccc13)C(CCl)CN2C(=O)c1cc2cc(OC)c(OC)c(OC)c2[nH]1.CO. The molecule has 5 rings (SSSR count). The van der Waals surface area contributed by atoms with E-state index in [9.17, 15) is 4.79 Å². The van der Waals surface area contributed by atoms with Gasteiger partial charge in [-0.05, 0) is 29.1 Å². The molecule has 1 aliphatic rings. The number of aliphatic hydroxyl groups is 1. The number of alkyl halides is 1. The van der Waals surface area contributed by atoms with Crippen LogP contribution in [0.15, 0.2) is 42.5 Å². The van der Waals surface area contributed by atoms with Crippen molar-refractivity contribution in [1.29, 1.82) is 0 Å². The van der Waals surface area contributed by atoms with Crippen LogP contribution < -0.4 is 24.4 Å². The number of hydrogen-bond acceptors (Lipinski definition) is 6. The summed E-state index contributed by atoms with van der Waals surface area (Å²) in [4.78, 5) is 18.9. The minimum Gasteiger partial charge on any atom is -0.493 e. The van der Waals surface area contributed by atoms with Gasteiger partial charge in [0.2, 0.25) is 5.75 Å². The second kappa shape index (κ2) is 10.6. The van der Waals surface area contributed by atoms with Crippen molar-refractivity contribution in [2.75, 3.05) is 58.1 Å². The Labute approximate surface area is 214 Å². The van der Waals surface area contributed by atoms with Crippen molar-refractivity contribution in [3.05, 3.63) is 53.7 Å². The van der Waals surface area contributed by atoms with Gasteiger partial charge in [-0.15, -0.1) is 11.6 Å². The lowest BCUT2D eigenvalue weighted by atomic mass is 9.95. The second-order valence-electron chi connectivity index (χ2n) is 8.21. The number of rotatable bonds is 6. The maximum absolute atomic E-state index is 13.8. The van der Waals surface area contributed by atoms with Crippen molar-refractivity contribution in [1.82, 2.24) is 4.98 Å². The molecule has 0 aliphatic carbocycles. The smallest absolute Gasteiger partial charge is 0.274 e. The van der Waals surface area contributed by atoms with Crippen molar-refractivity contribution in [3.8, 4) is 17.2 Å². The maximum atomic E-state index is 13.8. The molecule has 2 heterocycles. The molecule has 3 aromatic carbocycles. The van der Waals surface area contributed by atoms with Gasteiger partial charge in [0.15, 0.2) is 11.5 Å². The highest BCUT2D eigenvalue weighted by atomic mass is 35.5. The first-order valence-corrected chi connectivity index (χ1v) is 12.0. The number of aromatic amines is 1. The molecule has 1 atom stereocenters. The third-order valence-corrected chi connectivity index (χ3v) is 6.89. The Bertz CT molecular complexity index is 1420. The quantitative estimate of drug-likeness (QED) is 0.316. The fourth-order valence-electron chi connectivity index (χ4n) is 4.98. The van der Waals surface area contributed by atoms with Gasteiger partial charge in [0.25, 0.3) is 5.91 Å². The van der Waals surface area contributed by atoms with Gasteiger partial charge in [0.05, 0.1) is 32.5 Å². The van der Waals surface area contributed by atoms with Crippen LogP contribution in [0.4, 0.5) is 11.4 Å². The zero-order chi connectivity index (χ0) is 26.0. The molecule has 1 aromatic heterocycles. The summed E-state index contributed by atoms with van der Waals surface area (Å²) in [6, 6.07) is 13.9. The molecule has 0 spiro atoms. The number of nitrogens with zero attached hydrogens (tertiary/aromatic N) is 1. The summed E-state index contributed by atoms with van der Waals surface area (Å²) < 4.78 is 16.5. The Balaban J connectivity index is 0.00000148. The standard InChI is InChI=1S/C26H26ClN3O4.CH4O/c1-28-18-11-20-22(17-8-6-5-7-16(17)18)15(12-27)13-30(20)26(31)19-9-14-10-21(32-2)24(33-3)25(34-4)23(14)29-19;1-2/h5-11,15,28-29H,12-13H2,1-4H3;2H,1H3. The van der Waals surface area contributed by atoms with Crippen molar-refractivity contribution in [3.63, 3.8) is 0 Å². The van der Waals surface area contributed by atoms with Gasteiger partial charge in [-0.1, -0.05) is 24.3 Å². The van der Waals surface area contributed by atoms with Crippen molar-refractivity contribution in [2.45, 2.75) is 5.92 Å². The van der Waals surface area contributed by atoms with Gasteiger partial charge >= 0.3 is 0 Å². The molecule has 0 saturated carbocycles. The van der Waals surface area contributed by atoms with Crippen LogP contribution in [0.1, 0.15) is 22.0 Å². The summed E-state index contributed by atoms with van der Waals surface area (Å²) in [6.07, 6.45) is 0. The van der Waals surface area contributed by atoms with Gasteiger partial charge in [0, 0.05) is 49.0 Å². The number of halogens is 1. The first-order valence-electron chi connectivity index (χ1n) is 11.4. The summed E-state index contributed by atoms with van der Waals surface area (Å²) in [5.41, 5.74) is 4.07. The van der Waals surface area contributed by atoms with Crippen LogP contribution in [0, 0.1) is 0 Å². The van der Waals surface area contributed by atoms with Crippen LogP contribution >= 0.6 is 11.6 Å². The van der Waals surface area contributed by atoms with E-state index in [0.29, 0.717) is 40.9 Å². The number of anilines is 2. The lowest BCUT2D eigenvalue weighted by molar-refractivity contribution is 0.0984. The molecule has 1 unspecified atom stereocenters. The Morgan fingerprint density at radius 1 is 1.08 bits per heavy atom. The monoisotopic (exact) mass is 511 g/mol. The molecule has 9 heteroatoms. The number of carbonyl (C=O) groups excluding carboxylic acids is 1. The van der Waals surface area contributed by atoms with Crippen molar-refractivity contribution < 1.29 is 24.1 Å². The molecule has 0 fully saturated rings. The minimum absolute atomic E-state index is 0.0375. The molecule has 1 aliphatic heterocycles. The first kappa shape index (κ1) is 25.5. The average Bonchev–Trinajstić information content (AvgIpc) is 3.53. The topological polar surface area (TPSA) is 96.1 Å². The molecule has 3 N–H and O–H groups in total. The van der Waals surface area contributed by atoms with Crippen LogP contribution in [0.3, 0.4) is 0 Å². The molecular formula is C27H30ClN3O5. The van der Waals surface area contributed by atoms with Gasteiger partial charge in [-0.25, -0.2) is 0 Å². The lowest BCUT2D eigenvalue weighted by Crippen LogP contribution is -2.30. The third-order valence-electron chi connectivity index (χ3n) is 6.52. The van der Waals surface area contributed by atoms with E-state index in [0.717, 1.165) is 40.2 Å². The fraction of sp³-hybridized carbons (Fsp3) is 0.296. The number of nitrogens with one attached hydrogen (secondary N) is 2. The average molecular weight is 512 g/mol. The normalized spacial score (nSPS) is 14.3. The lowest BCUT2D eigenvalue weighted by Gasteiger charge is -2.18. The summed E-state index contributed by atoms with van der Waals surface area (Å²) in [7, 11) is 7.57. The van der Waals surface area contributed by atoms with Crippen LogP contribution in [-0.4, -0.2) is 63.9 Å². The molecule has 1 amide bonds. The Morgan fingerprint density at radius 3 is 2.39 bits per heavy atom. The molecular weight excluding hydrogens is 482 g/mol. The van der Waals surface area contributed by atoms with Crippen molar-refractivity contribution >= 4 is 50.6 Å². The highest BCUT2D eigenvalue weighted by molar-refractivity contribution is 6.19. The number of methoxy groups -OCH3 is 3. The number of hydrogen-bond donors (Lipinski definition) is 3. The number of benzene rings is 3. The fourth-order valence-corrected chi connectivity index (χ4v) is 5.23. The summed E-state index contributed by atoms with van der Waals surface area (Å²) in [5.74, 6) is 1.81. The molecule has 0 radical (unpaired) electrons. The number of H-pyrrole nitrogens is 1. The van der Waals surface area contributed by atoms with Crippen LogP contribution in [0.25, 0.3) is 21.7 Å². The van der Waals surface area contributed by atoms with E-state index in [2.05, 4.69) is 22.4 Å². The van der Waals surface area contributed by atoms with E-state index in [4.69, 9.17) is 30.9 Å². The van der Waals surface area contributed by atoms with Crippen LogP contribution in [-0.2, 0) is 0 Å². The largest absolute Gasteiger partial charge is 0.493 e. The maximum Gasteiger partial charge on any atom is 0.274 e. The van der Waals surface area contributed by atoms with Crippen LogP contribution in [0.5, 0.6) is 17.2 Å². The molecule has 0 saturated heterocycles. The summed E-state index contributed by atoms with van der Waals surface area (Å²) >= 11 is 6.39. The highest BCUT2D eigenvalue weighted by Crippen LogP contribution is 2.46. The molecule has 36 heavy (non-hydrogen) atoms. The summed E-state index contributed by atoms with van der Waals surface area (Å²) in [6.45, 7) is 0.508. The minimum atomic E-state index is -0.137. The number of amides is 1. The van der Waals surface area contributed by atoms with Gasteiger partial charge in [-0.2, -0.15) is 0 Å². The van der Waals surface area contributed by atoms with Gasteiger partial charge < -0.3 is 34.5 Å². The number of aromatic nitrogens is 1. The molecule has 8 nitrogen and oxygen atoms in total. The molecule has 190 valence electrons. The third kappa shape index (κ3) is 3.96. The van der Waals surface area contributed by atoms with Gasteiger partial charge in [0.1, 0.15) is 5.69 Å². The molecule has 4 aromatic rings. The Hall–Kier alpha value is -3.62. The van der Waals surface area contributed by atoms with E-state index in [1.807, 2.05) is 37.4 Å². The number of ether oxygens (including phenoxy) is 3. The number of aliphatic hydroxyl groups excluding tert-OH is 1. The zero-order valence-electron chi connectivity index (χ0n) is 20.9.